The third-order valence-corrected chi connectivity index (χ3v) is 2.98. The average molecular weight is 249 g/mol. The molecule has 0 saturated carbocycles. The Morgan fingerprint density at radius 3 is 2.22 bits per heavy atom. The van der Waals surface area contributed by atoms with E-state index < -0.39 is 0 Å². The summed E-state index contributed by atoms with van der Waals surface area (Å²) in [6, 6.07) is 4.32. The van der Waals surface area contributed by atoms with Crippen LogP contribution in [0, 0.1) is 26.2 Å². The van der Waals surface area contributed by atoms with Gasteiger partial charge in [-0.05, 0) is 48.9 Å². The van der Waals surface area contributed by atoms with Crippen molar-refractivity contribution in [3.8, 4) is 5.75 Å². The van der Waals surface area contributed by atoms with Crippen molar-refractivity contribution in [1.29, 1.82) is 0 Å². The minimum Gasteiger partial charge on any atom is -0.492 e. The molecule has 0 saturated heterocycles. The van der Waals surface area contributed by atoms with Gasteiger partial charge >= 0.3 is 0 Å². The van der Waals surface area contributed by atoms with Crippen LogP contribution in [0.25, 0.3) is 0 Å². The maximum atomic E-state index is 5.82. The van der Waals surface area contributed by atoms with Crippen LogP contribution in [0.15, 0.2) is 12.1 Å². The van der Waals surface area contributed by atoms with E-state index in [9.17, 15) is 0 Å². The third-order valence-electron chi connectivity index (χ3n) is 2.98. The Kier molecular flexibility index (Phi) is 5.21. The predicted octanol–water partition coefficient (Wildman–Crippen LogP) is 3.63. The van der Waals surface area contributed by atoms with Crippen molar-refractivity contribution in [3.05, 3.63) is 28.8 Å². The largest absolute Gasteiger partial charge is 0.492 e. The Hall–Kier alpha value is -1.02. The van der Waals surface area contributed by atoms with E-state index in [4.69, 9.17) is 4.74 Å². The molecular formula is C16H27NO. The van der Waals surface area contributed by atoms with Gasteiger partial charge in [0.25, 0.3) is 0 Å². The Bertz CT molecular complexity index is 391. The minimum absolute atomic E-state index is 0.330. The molecule has 1 rings (SSSR count). The third kappa shape index (κ3) is 5.09. The first kappa shape index (κ1) is 15.0. The Balaban J connectivity index is 2.38. The van der Waals surface area contributed by atoms with Crippen LogP contribution in [0.2, 0.25) is 0 Å². The van der Waals surface area contributed by atoms with E-state index in [1.165, 1.54) is 16.7 Å². The molecule has 102 valence electrons. The van der Waals surface area contributed by atoms with E-state index in [1.54, 1.807) is 0 Å². The summed E-state index contributed by atoms with van der Waals surface area (Å²) in [7, 11) is 0. The summed E-state index contributed by atoms with van der Waals surface area (Å²) in [5.74, 6) is 1.01. The molecule has 1 aromatic carbocycles. The number of rotatable bonds is 5. The first-order valence-corrected chi connectivity index (χ1v) is 6.71. The van der Waals surface area contributed by atoms with Crippen molar-refractivity contribution in [2.45, 2.75) is 41.5 Å². The standard InChI is InChI=1S/C16H27NO/c1-12-9-14(3)15(10-13(12)2)18-8-7-17-11-16(4,5)6/h9-10,17H,7-8,11H2,1-6H3. The van der Waals surface area contributed by atoms with Gasteiger partial charge in [-0.25, -0.2) is 0 Å². The Labute approximate surface area is 112 Å². The smallest absolute Gasteiger partial charge is 0.122 e. The summed E-state index contributed by atoms with van der Waals surface area (Å²) < 4.78 is 5.82. The molecule has 1 aromatic rings. The highest BCUT2D eigenvalue weighted by molar-refractivity contribution is 5.40. The molecular weight excluding hydrogens is 222 g/mol. The number of benzene rings is 1. The van der Waals surface area contributed by atoms with Crippen LogP contribution in [0.5, 0.6) is 5.75 Å². The van der Waals surface area contributed by atoms with Crippen LogP contribution in [-0.4, -0.2) is 19.7 Å². The summed E-state index contributed by atoms with van der Waals surface area (Å²) in [4.78, 5) is 0. The Morgan fingerprint density at radius 2 is 1.61 bits per heavy atom. The van der Waals surface area contributed by atoms with E-state index in [1.807, 2.05) is 0 Å². The summed E-state index contributed by atoms with van der Waals surface area (Å²) >= 11 is 0. The number of ether oxygens (including phenoxy) is 1. The zero-order valence-corrected chi connectivity index (χ0v) is 12.7. The fourth-order valence-electron chi connectivity index (χ4n) is 1.79. The molecule has 0 heterocycles. The van der Waals surface area contributed by atoms with Crippen LogP contribution < -0.4 is 10.1 Å². The Morgan fingerprint density at radius 1 is 1.00 bits per heavy atom. The monoisotopic (exact) mass is 249 g/mol. The van der Waals surface area contributed by atoms with Gasteiger partial charge in [0, 0.05) is 13.1 Å². The molecule has 18 heavy (non-hydrogen) atoms. The molecule has 0 spiro atoms. The minimum atomic E-state index is 0.330. The highest BCUT2D eigenvalue weighted by Crippen LogP contribution is 2.22. The van der Waals surface area contributed by atoms with Gasteiger partial charge in [0.2, 0.25) is 0 Å². The second-order valence-corrected chi connectivity index (χ2v) is 6.29. The maximum absolute atomic E-state index is 5.82. The molecule has 0 atom stereocenters. The first-order chi connectivity index (χ1) is 8.29. The fourth-order valence-corrected chi connectivity index (χ4v) is 1.79. The van der Waals surface area contributed by atoms with Gasteiger partial charge in [-0.1, -0.05) is 26.8 Å². The van der Waals surface area contributed by atoms with E-state index in [0.29, 0.717) is 5.41 Å². The molecule has 0 unspecified atom stereocenters. The molecule has 0 aliphatic heterocycles. The lowest BCUT2D eigenvalue weighted by Crippen LogP contribution is -2.30. The van der Waals surface area contributed by atoms with Gasteiger partial charge in [-0.3, -0.25) is 0 Å². The van der Waals surface area contributed by atoms with Crippen molar-refractivity contribution in [3.63, 3.8) is 0 Å². The van der Waals surface area contributed by atoms with Crippen LogP contribution in [0.1, 0.15) is 37.5 Å². The maximum Gasteiger partial charge on any atom is 0.122 e. The number of hydrogen-bond donors (Lipinski definition) is 1. The molecule has 0 aliphatic rings. The molecule has 0 aliphatic carbocycles. The van der Waals surface area contributed by atoms with Crippen LogP contribution in [0.4, 0.5) is 0 Å². The highest BCUT2D eigenvalue weighted by atomic mass is 16.5. The molecule has 1 N–H and O–H groups in total. The second kappa shape index (κ2) is 6.24. The van der Waals surface area contributed by atoms with Gasteiger partial charge in [-0.2, -0.15) is 0 Å². The molecule has 0 radical (unpaired) electrons. The summed E-state index contributed by atoms with van der Waals surface area (Å²) in [6.07, 6.45) is 0. The fraction of sp³-hybridized carbons (Fsp3) is 0.625. The summed E-state index contributed by atoms with van der Waals surface area (Å²) in [5.41, 5.74) is 4.16. The molecule has 0 fully saturated rings. The first-order valence-electron chi connectivity index (χ1n) is 6.71. The van der Waals surface area contributed by atoms with Crippen LogP contribution >= 0.6 is 0 Å². The van der Waals surface area contributed by atoms with Gasteiger partial charge < -0.3 is 10.1 Å². The summed E-state index contributed by atoms with van der Waals surface area (Å²) in [5, 5.41) is 3.42. The van der Waals surface area contributed by atoms with Crippen LogP contribution in [0.3, 0.4) is 0 Å². The molecule has 0 aromatic heterocycles. The van der Waals surface area contributed by atoms with Gasteiger partial charge in [-0.15, -0.1) is 0 Å². The van der Waals surface area contributed by atoms with E-state index in [0.717, 1.165) is 25.4 Å². The van der Waals surface area contributed by atoms with E-state index in [-0.39, 0.29) is 0 Å². The molecule has 0 bridgehead atoms. The number of aryl methyl sites for hydroxylation is 3. The zero-order chi connectivity index (χ0) is 13.8. The predicted molar refractivity (Wildman–Crippen MR) is 78.5 cm³/mol. The zero-order valence-electron chi connectivity index (χ0n) is 12.7. The molecule has 0 amide bonds. The molecule has 2 nitrogen and oxygen atoms in total. The highest BCUT2D eigenvalue weighted by Gasteiger charge is 2.08. The average Bonchev–Trinajstić information content (AvgIpc) is 2.23. The topological polar surface area (TPSA) is 21.3 Å². The lowest BCUT2D eigenvalue weighted by atomic mass is 9.97. The van der Waals surface area contributed by atoms with Crippen molar-refractivity contribution < 1.29 is 4.74 Å². The lowest BCUT2D eigenvalue weighted by Gasteiger charge is -2.19. The van der Waals surface area contributed by atoms with Crippen molar-refractivity contribution >= 4 is 0 Å². The van der Waals surface area contributed by atoms with E-state index in [2.05, 4.69) is 59.0 Å². The SMILES string of the molecule is Cc1cc(C)c(OCCNCC(C)(C)C)cc1C. The number of hydrogen-bond acceptors (Lipinski definition) is 2. The van der Waals surface area contributed by atoms with Gasteiger partial charge in [0.05, 0.1) is 0 Å². The summed E-state index contributed by atoms with van der Waals surface area (Å²) in [6.45, 7) is 15.7. The van der Waals surface area contributed by atoms with Gasteiger partial charge in [0.1, 0.15) is 12.4 Å². The lowest BCUT2D eigenvalue weighted by molar-refractivity contribution is 0.295. The van der Waals surface area contributed by atoms with Crippen LogP contribution in [-0.2, 0) is 0 Å². The van der Waals surface area contributed by atoms with Gasteiger partial charge in [0.15, 0.2) is 0 Å². The van der Waals surface area contributed by atoms with Crippen molar-refractivity contribution in [2.24, 2.45) is 5.41 Å². The number of nitrogens with one attached hydrogen (secondary N) is 1. The van der Waals surface area contributed by atoms with E-state index >= 15 is 0 Å². The molecule has 2 heteroatoms. The van der Waals surface area contributed by atoms with Crippen molar-refractivity contribution in [1.82, 2.24) is 5.32 Å². The normalized spacial score (nSPS) is 11.7. The second-order valence-electron chi connectivity index (χ2n) is 6.29. The van der Waals surface area contributed by atoms with Crippen molar-refractivity contribution in [2.75, 3.05) is 19.7 Å². The quantitative estimate of drug-likeness (QED) is 0.805.